The molecule has 0 radical (unpaired) electrons. The van der Waals surface area contributed by atoms with Gasteiger partial charge in [-0.2, -0.15) is 0 Å². The van der Waals surface area contributed by atoms with Crippen molar-refractivity contribution in [3.8, 4) is 12.3 Å². The molecule has 1 N–H and O–H groups in total. The Labute approximate surface area is 98.8 Å². The van der Waals surface area contributed by atoms with Gasteiger partial charge in [-0.15, -0.1) is 6.42 Å². The number of terminal acetylenes is 1. The molecule has 0 bridgehead atoms. The van der Waals surface area contributed by atoms with Crippen LogP contribution in [-0.4, -0.2) is 16.0 Å². The topological polar surface area (TPSA) is 37.8 Å². The summed E-state index contributed by atoms with van der Waals surface area (Å²) in [6.45, 7) is 4.05. The molecule has 4 heteroatoms. The standard InChI is InChI=1S/C11H14BrN3/c1-4-8(5-2)13-11-7-9(12)14-10(6-3)15-11/h1,7-8H,5-6H2,2-3H3,(H,13,14,15). The Kier molecular flexibility index (Phi) is 4.57. The summed E-state index contributed by atoms with van der Waals surface area (Å²) in [6.07, 6.45) is 7.05. The molecule has 1 unspecified atom stereocenters. The van der Waals surface area contributed by atoms with E-state index < -0.39 is 0 Å². The average Bonchev–Trinajstić information content (AvgIpc) is 2.25. The van der Waals surface area contributed by atoms with Crippen molar-refractivity contribution < 1.29 is 0 Å². The number of hydrogen-bond acceptors (Lipinski definition) is 3. The molecule has 15 heavy (non-hydrogen) atoms. The highest BCUT2D eigenvalue weighted by Crippen LogP contribution is 2.14. The van der Waals surface area contributed by atoms with Crippen LogP contribution < -0.4 is 5.32 Å². The molecule has 0 aliphatic rings. The summed E-state index contributed by atoms with van der Waals surface area (Å²) in [5, 5.41) is 3.18. The van der Waals surface area contributed by atoms with Crippen LogP contribution in [-0.2, 0) is 6.42 Å². The van der Waals surface area contributed by atoms with Crippen molar-refractivity contribution >= 4 is 21.7 Å². The van der Waals surface area contributed by atoms with Gasteiger partial charge in [0.05, 0.1) is 6.04 Å². The van der Waals surface area contributed by atoms with Gasteiger partial charge in [0.2, 0.25) is 0 Å². The van der Waals surface area contributed by atoms with Crippen molar-refractivity contribution in [2.75, 3.05) is 5.32 Å². The van der Waals surface area contributed by atoms with Crippen LogP contribution in [0.3, 0.4) is 0 Å². The molecule has 0 aliphatic heterocycles. The van der Waals surface area contributed by atoms with E-state index in [1.165, 1.54) is 0 Å². The third kappa shape index (κ3) is 3.52. The SMILES string of the molecule is C#CC(CC)Nc1cc(Br)nc(CC)n1. The number of aryl methyl sites for hydroxylation is 1. The largest absolute Gasteiger partial charge is 0.356 e. The maximum absolute atomic E-state index is 5.37. The van der Waals surface area contributed by atoms with E-state index >= 15 is 0 Å². The lowest BCUT2D eigenvalue weighted by Gasteiger charge is -2.12. The molecule has 1 rings (SSSR count). The fraction of sp³-hybridized carbons (Fsp3) is 0.455. The van der Waals surface area contributed by atoms with E-state index in [2.05, 4.69) is 37.1 Å². The zero-order valence-electron chi connectivity index (χ0n) is 8.92. The lowest BCUT2D eigenvalue weighted by molar-refractivity contribution is 0.838. The van der Waals surface area contributed by atoms with Crippen LogP contribution in [0.15, 0.2) is 10.7 Å². The van der Waals surface area contributed by atoms with Gasteiger partial charge >= 0.3 is 0 Å². The van der Waals surface area contributed by atoms with Gasteiger partial charge in [-0.25, -0.2) is 9.97 Å². The summed E-state index contributed by atoms with van der Waals surface area (Å²) in [4.78, 5) is 8.57. The number of hydrogen-bond donors (Lipinski definition) is 1. The van der Waals surface area contributed by atoms with Gasteiger partial charge in [0.1, 0.15) is 16.2 Å². The Morgan fingerprint density at radius 1 is 1.53 bits per heavy atom. The maximum atomic E-state index is 5.37. The second kappa shape index (κ2) is 5.72. The van der Waals surface area contributed by atoms with E-state index in [9.17, 15) is 0 Å². The van der Waals surface area contributed by atoms with Crippen molar-refractivity contribution in [3.05, 3.63) is 16.5 Å². The maximum Gasteiger partial charge on any atom is 0.131 e. The molecule has 1 aromatic rings. The predicted molar refractivity (Wildman–Crippen MR) is 65.6 cm³/mol. The van der Waals surface area contributed by atoms with Crippen molar-refractivity contribution in [2.24, 2.45) is 0 Å². The highest BCUT2D eigenvalue weighted by molar-refractivity contribution is 9.10. The van der Waals surface area contributed by atoms with Crippen molar-refractivity contribution in [1.82, 2.24) is 9.97 Å². The monoisotopic (exact) mass is 267 g/mol. The van der Waals surface area contributed by atoms with Crippen LogP contribution in [0.4, 0.5) is 5.82 Å². The summed E-state index contributed by atoms with van der Waals surface area (Å²) in [5.41, 5.74) is 0. The van der Waals surface area contributed by atoms with E-state index in [0.717, 1.165) is 29.1 Å². The summed E-state index contributed by atoms with van der Waals surface area (Å²) in [5.74, 6) is 4.25. The average molecular weight is 268 g/mol. The Morgan fingerprint density at radius 3 is 2.80 bits per heavy atom. The van der Waals surface area contributed by atoms with Crippen LogP contribution in [0.2, 0.25) is 0 Å². The first-order chi connectivity index (χ1) is 7.19. The zero-order valence-corrected chi connectivity index (χ0v) is 10.5. The minimum absolute atomic E-state index is 0.0245. The molecule has 0 saturated carbocycles. The van der Waals surface area contributed by atoms with E-state index in [1.807, 2.05) is 19.9 Å². The lowest BCUT2D eigenvalue weighted by Crippen LogP contribution is -2.17. The normalized spacial score (nSPS) is 11.9. The highest BCUT2D eigenvalue weighted by Gasteiger charge is 2.05. The van der Waals surface area contributed by atoms with E-state index in [-0.39, 0.29) is 6.04 Å². The predicted octanol–water partition coefficient (Wildman–Crippen LogP) is 2.63. The first-order valence-electron chi connectivity index (χ1n) is 4.95. The summed E-state index contributed by atoms with van der Waals surface area (Å²) in [7, 11) is 0. The molecule has 0 aromatic carbocycles. The minimum Gasteiger partial charge on any atom is -0.356 e. The summed E-state index contributed by atoms with van der Waals surface area (Å²) >= 11 is 3.34. The zero-order chi connectivity index (χ0) is 11.3. The van der Waals surface area contributed by atoms with E-state index in [0.29, 0.717) is 0 Å². The van der Waals surface area contributed by atoms with Crippen LogP contribution >= 0.6 is 15.9 Å². The first-order valence-corrected chi connectivity index (χ1v) is 5.75. The van der Waals surface area contributed by atoms with Gasteiger partial charge in [0, 0.05) is 12.5 Å². The molecule has 1 heterocycles. The van der Waals surface area contributed by atoms with Crippen LogP contribution in [0, 0.1) is 12.3 Å². The second-order valence-corrected chi connectivity index (χ2v) is 3.93. The lowest BCUT2D eigenvalue weighted by atomic mass is 10.2. The minimum atomic E-state index is 0.0245. The Balaban J connectivity index is 2.85. The van der Waals surface area contributed by atoms with Gasteiger partial charge in [0.15, 0.2) is 0 Å². The van der Waals surface area contributed by atoms with Crippen molar-refractivity contribution in [3.63, 3.8) is 0 Å². The Bertz CT molecular complexity index is 371. The smallest absolute Gasteiger partial charge is 0.131 e. The molecule has 0 aliphatic carbocycles. The van der Waals surface area contributed by atoms with Crippen molar-refractivity contribution in [1.29, 1.82) is 0 Å². The number of rotatable bonds is 4. The van der Waals surface area contributed by atoms with E-state index in [1.54, 1.807) is 0 Å². The first kappa shape index (κ1) is 12.0. The molecule has 0 spiro atoms. The number of nitrogens with one attached hydrogen (secondary N) is 1. The van der Waals surface area contributed by atoms with E-state index in [4.69, 9.17) is 6.42 Å². The fourth-order valence-corrected chi connectivity index (χ4v) is 1.56. The molecular formula is C11H14BrN3. The van der Waals surface area contributed by atoms with Gasteiger partial charge in [-0.05, 0) is 22.4 Å². The van der Waals surface area contributed by atoms with Crippen molar-refractivity contribution in [2.45, 2.75) is 32.7 Å². The Hall–Kier alpha value is -1.08. The van der Waals surface area contributed by atoms with Gasteiger partial charge in [-0.1, -0.05) is 19.8 Å². The number of aromatic nitrogens is 2. The Morgan fingerprint density at radius 2 is 2.27 bits per heavy atom. The van der Waals surface area contributed by atoms with Crippen LogP contribution in [0.1, 0.15) is 26.1 Å². The molecule has 0 fully saturated rings. The third-order valence-corrected chi connectivity index (χ3v) is 2.40. The summed E-state index contributed by atoms with van der Waals surface area (Å²) in [6, 6.07) is 1.86. The fourth-order valence-electron chi connectivity index (χ4n) is 1.14. The number of nitrogens with zero attached hydrogens (tertiary/aromatic N) is 2. The van der Waals surface area contributed by atoms with Gasteiger partial charge in [0.25, 0.3) is 0 Å². The van der Waals surface area contributed by atoms with Gasteiger partial charge < -0.3 is 5.32 Å². The number of halogens is 1. The van der Waals surface area contributed by atoms with Gasteiger partial charge in [-0.3, -0.25) is 0 Å². The molecule has 3 nitrogen and oxygen atoms in total. The number of anilines is 1. The molecule has 0 saturated heterocycles. The summed E-state index contributed by atoms with van der Waals surface area (Å²) < 4.78 is 0.781. The molecule has 1 aromatic heterocycles. The second-order valence-electron chi connectivity index (χ2n) is 3.12. The molecular weight excluding hydrogens is 254 g/mol. The molecule has 0 amide bonds. The quantitative estimate of drug-likeness (QED) is 0.673. The third-order valence-electron chi connectivity index (χ3n) is 1.99. The van der Waals surface area contributed by atoms with Crippen LogP contribution in [0.25, 0.3) is 0 Å². The highest BCUT2D eigenvalue weighted by atomic mass is 79.9. The molecule has 1 atom stereocenters. The van der Waals surface area contributed by atoms with Crippen LogP contribution in [0.5, 0.6) is 0 Å². The molecule has 80 valence electrons.